The SMILES string of the molecule is CC(C)(C)N(C(=O)[O-])[C@@H](Cc1ccccc1)C(=O)N1CCC(=O)[C@H]1Sc1ccccc1. The molecule has 2 amide bonds. The van der Waals surface area contributed by atoms with Gasteiger partial charge in [0.15, 0.2) is 5.78 Å². The average molecular weight is 440 g/mol. The Hall–Kier alpha value is -2.80. The summed E-state index contributed by atoms with van der Waals surface area (Å²) in [4.78, 5) is 42.0. The molecule has 0 aromatic heterocycles. The minimum absolute atomic E-state index is 0.0311. The minimum Gasteiger partial charge on any atom is -0.530 e. The lowest BCUT2D eigenvalue weighted by Gasteiger charge is -2.44. The molecule has 0 unspecified atom stereocenters. The normalized spacial score (nSPS) is 17.5. The van der Waals surface area contributed by atoms with Crippen molar-refractivity contribution in [2.75, 3.05) is 6.54 Å². The van der Waals surface area contributed by atoms with Gasteiger partial charge in [0, 0.05) is 29.8 Å². The molecule has 0 N–H and O–H groups in total. The lowest BCUT2D eigenvalue weighted by Crippen LogP contribution is -2.62. The fourth-order valence-electron chi connectivity index (χ4n) is 3.81. The Morgan fingerprint density at radius 1 is 1.10 bits per heavy atom. The first kappa shape index (κ1) is 22.9. The van der Waals surface area contributed by atoms with E-state index < -0.39 is 23.0 Å². The van der Waals surface area contributed by atoms with Crippen LogP contribution in [-0.4, -0.2) is 51.1 Å². The number of Topliss-reactive ketones (excluding diaryl/α,β-unsaturated/α-hetero) is 1. The van der Waals surface area contributed by atoms with Crippen molar-refractivity contribution in [3.63, 3.8) is 0 Å². The fourth-order valence-corrected chi connectivity index (χ4v) is 4.97. The van der Waals surface area contributed by atoms with Gasteiger partial charge in [0.2, 0.25) is 5.91 Å². The Morgan fingerprint density at radius 3 is 2.23 bits per heavy atom. The standard InChI is InChI=1S/C24H28N2O4S/c1-24(2,3)26(23(29)30)19(16-17-10-6-4-7-11-17)21(28)25-15-14-20(27)22(25)31-18-12-8-5-9-13-18/h4-13,19,22H,14-16H2,1-3H3,(H,29,30)/p-1/t19-,22+/m0/s1. The van der Waals surface area contributed by atoms with Crippen LogP contribution in [0.4, 0.5) is 4.79 Å². The molecule has 2 atom stereocenters. The van der Waals surface area contributed by atoms with E-state index in [4.69, 9.17) is 0 Å². The van der Waals surface area contributed by atoms with E-state index in [0.29, 0.717) is 0 Å². The van der Waals surface area contributed by atoms with Gasteiger partial charge in [-0.05, 0) is 38.5 Å². The van der Waals surface area contributed by atoms with Crippen LogP contribution in [0.5, 0.6) is 0 Å². The van der Waals surface area contributed by atoms with Crippen LogP contribution in [0, 0.1) is 0 Å². The van der Waals surface area contributed by atoms with Crippen molar-refractivity contribution >= 4 is 29.5 Å². The summed E-state index contributed by atoms with van der Waals surface area (Å²) in [5.74, 6) is -0.404. The van der Waals surface area contributed by atoms with E-state index >= 15 is 0 Å². The van der Waals surface area contributed by atoms with Crippen molar-refractivity contribution in [1.29, 1.82) is 0 Å². The van der Waals surface area contributed by atoms with Crippen LogP contribution in [-0.2, 0) is 16.0 Å². The average Bonchev–Trinajstić information content (AvgIpc) is 3.07. The van der Waals surface area contributed by atoms with Crippen molar-refractivity contribution in [2.24, 2.45) is 0 Å². The zero-order valence-electron chi connectivity index (χ0n) is 18.0. The molecular weight excluding hydrogens is 412 g/mol. The molecule has 2 aromatic rings. The number of carbonyl (C=O) groups is 3. The number of hydrogen-bond donors (Lipinski definition) is 0. The first-order chi connectivity index (χ1) is 14.7. The van der Waals surface area contributed by atoms with Gasteiger partial charge in [-0.2, -0.15) is 0 Å². The van der Waals surface area contributed by atoms with Gasteiger partial charge in [0.1, 0.15) is 17.5 Å². The highest BCUT2D eigenvalue weighted by molar-refractivity contribution is 8.00. The number of rotatable bonds is 6. The van der Waals surface area contributed by atoms with E-state index in [1.165, 1.54) is 16.7 Å². The van der Waals surface area contributed by atoms with Gasteiger partial charge in [0.05, 0.1) is 0 Å². The molecule has 1 fully saturated rings. The van der Waals surface area contributed by atoms with Crippen molar-refractivity contribution < 1.29 is 19.5 Å². The highest BCUT2D eigenvalue weighted by Gasteiger charge is 2.43. The van der Waals surface area contributed by atoms with E-state index in [-0.39, 0.29) is 31.1 Å². The smallest absolute Gasteiger partial charge is 0.246 e. The van der Waals surface area contributed by atoms with E-state index in [9.17, 15) is 19.5 Å². The summed E-state index contributed by atoms with van der Waals surface area (Å²) < 4.78 is 0. The first-order valence-corrected chi connectivity index (χ1v) is 11.2. The summed E-state index contributed by atoms with van der Waals surface area (Å²) in [6.07, 6.45) is -0.937. The van der Waals surface area contributed by atoms with Crippen LogP contribution in [0.3, 0.4) is 0 Å². The predicted octanol–water partition coefficient (Wildman–Crippen LogP) is 2.96. The molecule has 1 saturated heterocycles. The summed E-state index contributed by atoms with van der Waals surface area (Å²) in [7, 11) is 0. The maximum Gasteiger partial charge on any atom is 0.246 e. The lowest BCUT2D eigenvalue weighted by atomic mass is 9.97. The number of hydrogen-bond acceptors (Lipinski definition) is 5. The molecule has 1 aliphatic heterocycles. The molecule has 0 aliphatic carbocycles. The van der Waals surface area contributed by atoms with Gasteiger partial charge in [0.25, 0.3) is 0 Å². The summed E-state index contributed by atoms with van der Waals surface area (Å²) in [5, 5.41) is 11.4. The molecule has 6 nitrogen and oxygen atoms in total. The Labute approximate surface area is 187 Å². The van der Waals surface area contributed by atoms with Gasteiger partial charge in [-0.1, -0.05) is 60.3 Å². The molecular formula is C24H27N2O4S-. The predicted molar refractivity (Wildman–Crippen MR) is 118 cm³/mol. The fraction of sp³-hybridized carbons (Fsp3) is 0.375. The highest BCUT2D eigenvalue weighted by Crippen LogP contribution is 2.33. The Bertz CT molecular complexity index is 928. The molecule has 2 aromatic carbocycles. The second kappa shape index (κ2) is 9.56. The summed E-state index contributed by atoms with van der Waals surface area (Å²) >= 11 is 1.32. The topological polar surface area (TPSA) is 80.8 Å². The maximum absolute atomic E-state index is 13.7. The molecule has 0 saturated carbocycles. The molecule has 0 bridgehead atoms. The second-order valence-corrected chi connectivity index (χ2v) is 9.70. The van der Waals surface area contributed by atoms with Gasteiger partial charge in [-0.25, -0.2) is 0 Å². The molecule has 164 valence electrons. The lowest BCUT2D eigenvalue weighted by molar-refractivity contribution is -0.273. The number of thioether (sulfide) groups is 1. The van der Waals surface area contributed by atoms with E-state index in [1.54, 1.807) is 20.8 Å². The van der Waals surface area contributed by atoms with E-state index in [1.807, 2.05) is 60.7 Å². The molecule has 0 spiro atoms. The van der Waals surface area contributed by atoms with Crippen molar-refractivity contribution in [1.82, 2.24) is 9.80 Å². The molecule has 3 rings (SSSR count). The van der Waals surface area contributed by atoms with Crippen LogP contribution >= 0.6 is 11.8 Å². The monoisotopic (exact) mass is 439 g/mol. The third-order valence-corrected chi connectivity index (χ3v) is 6.50. The van der Waals surface area contributed by atoms with Crippen LogP contribution in [0.15, 0.2) is 65.6 Å². The van der Waals surface area contributed by atoms with Crippen molar-refractivity contribution in [3.05, 3.63) is 66.2 Å². The second-order valence-electron chi connectivity index (χ2n) is 8.54. The Balaban J connectivity index is 1.94. The van der Waals surface area contributed by atoms with Crippen LogP contribution in [0.1, 0.15) is 32.8 Å². The number of carbonyl (C=O) groups excluding carboxylic acids is 3. The number of amides is 2. The number of nitrogens with zero attached hydrogens (tertiary/aromatic N) is 2. The van der Waals surface area contributed by atoms with Gasteiger partial charge >= 0.3 is 0 Å². The third-order valence-electron chi connectivity index (χ3n) is 5.22. The Kier molecular flexibility index (Phi) is 7.05. The van der Waals surface area contributed by atoms with Gasteiger partial charge in [-0.15, -0.1) is 0 Å². The highest BCUT2D eigenvalue weighted by atomic mass is 32.2. The van der Waals surface area contributed by atoms with E-state index in [0.717, 1.165) is 15.4 Å². The molecule has 1 aliphatic rings. The summed E-state index contributed by atoms with van der Waals surface area (Å²) in [6.45, 7) is 5.48. The molecule has 7 heteroatoms. The summed E-state index contributed by atoms with van der Waals surface area (Å²) in [5.41, 5.74) is -0.00568. The molecule has 0 radical (unpaired) electrons. The van der Waals surface area contributed by atoms with E-state index in [2.05, 4.69) is 0 Å². The third kappa shape index (κ3) is 5.47. The molecule has 1 heterocycles. The Morgan fingerprint density at radius 2 is 1.68 bits per heavy atom. The number of ketones is 1. The van der Waals surface area contributed by atoms with Crippen LogP contribution in [0.25, 0.3) is 0 Å². The van der Waals surface area contributed by atoms with Crippen molar-refractivity contribution in [2.45, 2.75) is 55.5 Å². The largest absolute Gasteiger partial charge is 0.530 e. The number of benzene rings is 2. The quantitative estimate of drug-likeness (QED) is 0.691. The van der Waals surface area contributed by atoms with Crippen molar-refractivity contribution in [3.8, 4) is 0 Å². The first-order valence-electron chi connectivity index (χ1n) is 10.3. The van der Waals surface area contributed by atoms with Crippen LogP contribution in [0.2, 0.25) is 0 Å². The zero-order valence-corrected chi connectivity index (χ0v) is 18.8. The number of carboxylic acid groups (broad SMARTS) is 1. The van der Waals surface area contributed by atoms with Gasteiger partial charge < -0.3 is 19.7 Å². The zero-order chi connectivity index (χ0) is 22.6. The molecule has 31 heavy (non-hydrogen) atoms. The maximum atomic E-state index is 13.7. The van der Waals surface area contributed by atoms with Crippen LogP contribution < -0.4 is 5.11 Å². The summed E-state index contributed by atoms with van der Waals surface area (Å²) in [6, 6.07) is 17.7. The van der Waals surface area contributed by atoms with Gasteiger partial charge in [-0.3, -0.25) is 9.59 Å². The minimum atomic E-state index is -1.40. The number of likely N-dealkylation sites (tertiary alicyclic amines) is 1.